The van der Waals surface area contributed by atoms with E-state index in [-0.39, 0.29) is 17.9 Å². The molecule has 2 amide bonds. The summed E-state index contributed by atoms with van der Waals surface area (Å²) in [4.78, 5) is 36.3. The zero-order valence-corrected chi connectivity index (χ0v) is 16.7. The minimum atomic E-state index is -3.18. The molecule has 160 valence electrons. The molecule has 1 saturated heterocycles. The largest absolute Gasteiger partial charge is 0.454 e. The van der Waals surface area contributed by atoms with Crippen LogP contribution < -0.4 is 10.6 Å². The molecule has 0 aliphatic carbocycles. The highest BCUT2D eigenvalue weighted by Crippen LogP contribution is 2.14. The van der Waals surface area contributed by atoms with Crippen molar-refractivity contribution in [2.75, 3.05) is 18.1 Å². The summed E-state index contributed by atoms with van der Waals surface area (Å²) in [7, 11) is -3.18. The average molecular weight is 432 g/mol. The van der Waals surface area contributed by atoms with Crippen LogP contribution in [-0.4, -0.2) is 56.4 Å². The van der Waals surface area contributed by atoms with Gasteiger partial charge < -0.3 is 15.4 Å². The Bertz CT molecular complexity index is 883. The monoisotopic (exact) mass is 432 g/mol. The van der Waals surface area contributed by atoms with Gasteiger partial charge in [0, 0.05) is 6.04 Å². The van der Waals surface area contributed by atoms with Gasteiger partial charge in [-0.3, -0.25) is 9.59 Å². The molecule has 1 heterocycles. The quantitative estimate of drug-likeness (QED) is 0.608. The highest BCUT2D eigenvalue weighted by Gasteiger charge is 2.31. The molecule has 1 fully saturated rings. The third-order valence-electron chi connectivity index (χ3n) is 4.34. The first kappa shape index (κ1) is 22.7. The molecule has 8 nitrogen and oxygen atoms in total. The van der Waals surface area contributed by atoms with Gasteiger partial charge in [0.1, 0.15) is 23.2 Å². The van der Waals surface area contributed by atoms with E-state index < -0.39 is 69.4 Å². The van der Waals surface area contributed by atoms with Gasteiger partial charge in [-0.1, -0.05) is 19.9 Å². The minimum absolute atomic E-state index is 0.0220. The molecule has 1 aliphatic heterocycles. The van der Waals surface area contributed by atoms with E-state index in [0.29, 0.717) is 0 Å². The molecule has 0 unspecified atom stereocenters. The first-order valence-corrected chi connectivity index (χ1v) is 10.7. The van der Waals surface area contributed by atoms with Crippen LogP contribution in [0.5, 0.6) is 0 Å². The Morgan fingerprint density at radius 1 is 1.21 bits per heavy atom. The number of sulfone groups is 1. The zero-order valence-electron chi connectivity index (χ0n) is 15.9. The minimum Gasteiger partial charge on any atom is -0.454 e. The molecule has 0 bridgehead atoms. The van der Waals surface area contributed by atoms with Crippen molar-refractivity contribution < 1.29 is 36.3 Å². The molecule has 0 spiro atoms. The number of hydrogen-bond donors (Lipinski definition) is 2. The second-order valence-electron chi connectivity index (χ2n) is 7.07. The summed E-state index contributed by atoms with van der Waals surface area (Å²) >= 11 is 0. The number of amides is 2. The standard InChI is InChI=1S/C18H22F2N2O6S/c1-10(2)16(22-17(24)15-12(19)4-3-5-13(15)20)18(25)28-8-14(23)21-11-6-7-29(26,27)9-11/h3-5,10-11,16H,6-9H2,1-2H3,(H,21,23)(H,22,24)/t11-,16+/m1/s1. The van der Waals surface area contributed by atoms with Gasteiger partial charge in [0.25, 0.3) is 11.8 Å². The van der Waals surface area contributed by atoms with Crippen LogP contribution >= 0.6 is 0 Å². The Morgan fingerprint density at radius 2 is 1.83 bits per heavy atom. The fourth-order valence-corrected chi connectivity index (χ4v) is 4.50. The Balaban J connectivity index is 1.94. The van der Waals surface area contributed by atoms with Crippen LogP contribution in [0, 0.1) is 17.6 Å². The first-order chi connectivity index (χ1) is 13.5. The normalized spacial score (nSPS) is 18.9. The van der Waals surface area contributed by atoms with Crippen LogP contribution in [0.25, 0.3) is 0 Å². The van der Waals surface area contributed by atoms with Crippen molar-refractivity contribution in [2.24, 2.45) is 5.92 Å². The maximum atomic E-state index is 13.7. The molecule has 2 atom stereocenters. The lowest BCUT2D eigenvalue weighted by Crippen LogP contribution is -2.47. The SMILES string of the molecule is CC(C)[C@H](NC(=O)c1c(F)cccc1F)C(=O)OCC(=O)N[C@@H]1CCS(=O)(=O)C1. The number of benzene rings is 1. The lowest BCUT2D eigenvalue weighted by atomic mass is 10.0. The maximum Gasteiger partial charge on any atom is 0.329 e. The zero-order chi connectivity index (χ0) is 21.8. The van der Waals surface area contributed by atoms with Crippen LogP contribution in [-0.2, 0) is 24.2 Å². The maximum absolute atomic E-state index is 13.7. The number of halogens is 2. The van der Waals surface area contributed by atoms with E-state index in [1.807, 2.05) is 0 Å². The Hall–Kier alpha value is -2.56. The lowest BCUT2D eigenvalue weighted by Gasteiger charge is -2.21. The van der Waals surface area contributed by atoms with Crippen molar-refractivity contribution in [1.82, 2.24) is 10.6 Å². The second-order valence-corrected chi connectivity index (χ2v) is 9.30. The van der Waals surface area contributed by atoms with Crippen molar-refractivity contribution in [2.45, 2.75) is 32.4 Å². The first-order valence-electron chi connectivity index (χ1n) is 8.91. The van der Waals surface area contributed by atoms with Gasteiger partial charge in [-0.15, -0.1) is 0 Å². The summed E-state index contributed by atoms with van der Waals surface area (Å²) in [5.41, 5.74) is -0.828. The van der Waals surface area contributed by atoms with Gasteiger partial charge in [-0.2, -0.15) is 0 Å². The highest BCUT2D eigenvalue weighted by atomic mass is 32.2. The molecular weight excluding hydrogens is 410 g/mol. The molecule has 1 aromatic rings. The van der Waals surface area contributed by atoms with E-state index >= 15 is 0 Å². The summed E-state index contributed by atoms with van der Waals surface area (Å²) < 4.78 is 55.2. The lowest BCUT2D eigenvalue weighted by molar-refractivity contribution is -0.151. The number of hydrogen-bond acceptors (Lipinski definition) is 6. The van der Waals surface area contributed by atoms with Crippen LogP contribution in [0.2, 0.25) is 0 Å². The van der Waals surface area contributed by atoms with Crippen LogP contribution in [0.1, 0.15) is 30.6 Å². The van der Waals surface area contributed by atoms with E-state index in [0.717, 1.165) is 18.2 Å². The van der Waals surface area contributed by atoms with E-state index in [9.17, 15) is 31.6 Å². The van der Waals surface area contributed by atoms with E-state index in [2.05, 4.69) is 10.6 Å². The molecule has 0 radical (unpaired) electrons. The molecule has 11 heteroatoms. The summed E-state index contributed by atoms with van der Waals surface area (Å²) in [5, 5.41) is 4.68. The van der Waals surface area contributed by atoms with Crippen molar-refractivity contribution >= 4 is 27.6 Å². The summed E-state index contributed by atoms with van der Waals surface area (Å²) in [6, 6.07) is 1.13. The van der Waals surface area contributed by atoms with Crippen molar-refractivity contribution in [3.63, 3.8) is 0 Å². The van der Waals surface area contributed by atoms with Crippen molar-refractivity contribution in [1.29, 1.82) is 0 Å². The predicted octanol–water partition coefficient (Wildman–Crippen LogP) is 0.566. The fourth-order valence-electron chi connectivity index (χ4n) is 2.83. The van der Waals surface area contributed by atoms with Gasteiger partial charge in [0.15, 0.2) is 16.4 Å². The third-order valence-corrected chi connectivity index (χ3v) is 6.11. The summed E-state index contributed by atoms with van der Waals surface area (Å²) in [6.07, 6.45) is 0.279. The molecule has 1 aliphatic rings. The van der Waals surface area contributed by atoms with Gasteiger partial charge in [-0.05, 0) is 24.5 Å². The van der Waals surface area contributed by atoms with Crippen LogP contribution in [0.3, 0.4) is 0 Å². The third kappa shape index (κ3) is 6.21. The Labute approximate surface area is 166 Å². The van der Waals surface area contributed by atoms with E-state index in [1.165, 1.54) is 0 Å². The number of carbonyl (C=O) groups is 3. The molecule has 2 N–H and O–H groups in total. The highest BCUT2D eigenvalue weighted by molar-refractivity contribution is 7.91. The van der Waals surface area contributed by atoms with E-state index in [1.54, 1.807) is 13.8 Å². The molecule has 0 saturated carbocycles. The van der Waals surface area contributed by atoms with Crippen LogP contribution in [0.4, 0.5) is 8.78 Å². The Kier molecular flexibility index (Phi) is 7.28. The van der Waals surface area contributed by atoms with Gasteiger partial charge in [-0.25, -0.2) is 22.0 Å². The molecule has 0 aromatic heterocycles. The van der Waals surface area contributed by atoms with Gasteiger partial charge in [0.2, 0.25) is 0 Å². The van der Waals surface area contributed by atoms with Gasteiger partial charge >= 0.3 is 5.97 Å². The molecular formula is C18H22F2N2O6S. The number of esters is 1. The number of carbonyl (C=O) groups excluding carboxylic acids is 3. The average Bonchev–Trinajstić information content (AvgIpc) is 2.95. The number of ether oxygens (including phenoxy) is 1. The number of nitrogens with one attached hydrogen (secondary N) is 2. The van der Waals surface area contributed by atoms with E-state index in [4.69, 9.17) is 4.74 Å². The van der Waals surface area contributed by atoms with Crippen molar-refractivity contribution in [3.8, 4) is 0 Å². The van der Waals surface area contributed by atoms with Crippen LogP contribution in [0.15, 0.2) is 18.2 Å². The molecule has 1 aromatic carbocycles. The topological polar surface area (TPSA) is 119 Å². The van der Waals surface area contributed by atoms with Gasteiger partial charge in [0.05, 0.1) is 11.5 Å². The summed E-state index contributed by atoms with van der Waals surface area (Å²) in [5.74, 6) is -5.62. The molecule has 29 heavy (non-hydrogen) atoms. The fraction of sp³-hybridized carbons (Fsp3) is 0.500. The second kappa shape index (κ2) is 9.29. The predicted molar refractivity (Wildman–Crippen MR) is 98.6 cm³/mol. The smallest absolute Gasteiger partial charge is 0.329 e. The summed E-state index contributed by atoms with van der Waals surface area (Å²) in [6.45, 7) is 2.48. The number of rotatable bonds is 7. The molecule has 2 rings (SSSR count). The van der Waals surface area contributed by atoms with Crippen molar-refractivity contribution in [3.05, 3.63) is 35.4 Å². The Morgan fingerprint density at radius 3 is 2.34 bits per heavy atom.